The van der Waals surface area contributed by atoms with Gasteiger partial charge in [0.05, 0.1) is 6.61 Å². The minimum absolute atomic E-state index is 0.614. The second-order valence-corrected chi connectivity index (χ2v) is 5.41. The summed E-state index contributed by atoms with van der Waals surface area (Å²) in [6.07, 6.45) is 1.16. The monoisotopic (exact) mass is 294 g/mol. The van der Waals surface area contributed by atoms with Gasteiger partial charge in [0.2, 0.25) is 0 Å². The third kappa shape index (κ3) is 7.34. The average molecular weight is 294 g/mol. The molecule has 0 bridgehead atoms. The van der Waals surface area contributed by atoms with E-state index in [1.54, 1.807) is 0 Å². The van der Waals surface area contributed by atoms with Crippen LogP contribution in [0.15, 0.2) is 24.3 Å². The molecule has 4 nitrogen and oxygen atoms in total. The van der Waals surface area contributed by atoms with Crippen LogP contribution in [0.3, 0.4) is 0 Å². The number of hydrogen-bond donors (Lipinski definition) is 1. The Hall–Kier alpha value is -1.26. The summed E-state index contributed by atoms with van der Waals surface area (Å²) in [6, 6.07) is 8.42. The molecule has 1 aromatic rings. The summed E-state index contributed by atoms with van der Waals surface area (Å²) in [4.78, 5) is 2.36. The molecule has 4 heteroatoms. The molecule has 0 heterocycles. The van der Waals surface area contributed by atoms with E-state index in [1.807, 2.05) is 31.2 Å². The summed E-state index contributed by atoms with van der Waals surface area (Å²) in [6.45, 7) is 10.7. The van der Waals surface area contributed by atoms with Gasteiger partial charge in [-0.15, -0.1) is 0 Å². The number of nitrogens with one attached hydrogen (secondary N) is 1. The first-order chi connectivity index (χ1) is 10.1. The van der Waals surface area contributed by atoms with Gasteiger partial charge in [0, 0.05) is 12.6 Å². The quantitative estimate of drug-likeness (QED) is 0.636. The van der Waals surface area contributed by atoms with E-state index in [9.17, 15) is 0 Å². The summed E-state index contributed by atoms with van der Waals surface area (Å²) in [5, 5.41) is 3.41. The standard InChI is InChI=1S/C17H30N2O2/c1-5-20-16-9-6-7-10-17(16)21-14-12-18-11-8-13-19(4)15(2)3/h6-7,9-10,15,18H,5,8,11-14H2,1-4H3. The minimum atomic E-state index is 0.614. The molecule has 0 aromatic heterocycles. The van der Waals surface area contributed by atoms with E-state index in [0.717, 1.165) is 37.6 Å². The fourth-order valence-electron chi connectivity index (χ4n) is 1.91. The maximum Gasteiger partial charge on any atom is 0.161 e. The Kier molecular flexibility index (Phi) is 8.87. The summed E-state index contributed by atoms with van der Waals surface area (Å²) >= 11 is 0. The number of benzene rings is 1. The average Bonchev–Trinajstić information content (AvgIpc) is 2.47. The first kappa shape index (κ1) is 17.8. The lowest BCUT2D eigenvalue weighted by Gasteiger charge is -2.20. The number of para-hydroxylation sites is 2. The van der Waals surface area contributed by atoms with Gasteiger partial charge in [-0.2, -0.15) is 0 Å². The van der Waals surface area contributed by atoms with Crippen LogP contribution in [0.5, 0.6) is 11.5 Å². The highest BCUT2D eigenvalue weighted by Gasteiger charge is 2.03. The van der Waals surface area contributed by atoms with Crippen LogP contribution in [0.4, 0.5) is 0 Å². The van der Waals surface area contributed by atoms with Crippen molar-refractivity contribution in [2.75, 3.05) is 39.9 Å². The molecule has 1 rings (SSSR count). The van der Waals surface area contributed by atoms with E-state index >= 15 is 0 Å². The highest BCUT2D eigenvalue weighted by molar-refractivity contribution is 5.39. The van der Waals surface area contributed by atoms with Crippen LogP contribution in [0.1, 0.15) is 27.2 Å². The van der Waals surface area contributed by atoms with Crippen molar-refractivity contribution in [3.63, 3.8) is 0 Å². The molecule has 0 aliphatic carbocycles. The Balaban J connectivity index is 2.12. The molecule has 1 N–H and O–H groups in total. The molecular formula is C17H30N2O2. The van der Waals surface area contributed by atoms with Crippen LogP contribution < -0.4 is 14.8 Å². The van der Waals surface area contributed by atoms with Crippen molar-refractivity contribution < 1.29 is 9.47 Å². The van der Waals surface area contributed by atoms with Gasteiger partial charge in [-0.1, -0.05) is 12.1 Å². The predicted octanol–water partition coefficient (Wildman–Crippen LogP) is 2.78. The van der Waals surface area contributed by atoms with E-state index in [-0.39, 0.29) is 0 Å². The van der Waals surface area contributed by atoms with Gasteiger partial charge in [0.15, 0.2) is 11.5 Å². The Morgan fingerprint density at radius 2 is 1.76 bits per heavy atom. The lowest BCUT2D eigenvalue weighted by atomic mass is 10.3. The van der Waals surface area contributed by atoms with Crippen molar-refractivity contribution in [2.24, 2.45) is 0 Å². The number of hydrogen-bond acceptors (Lipinski definition) is 4. The van der Waals surface area contributed by atoms with Gasteiger partial charge in [0.1, 0.15) is 6.61 Å². The van der Waals surface area contributed by atoms with Crippen molar-refractivity contribution >= 4 is 0 Å². The topological polar surface area (TPSA) is 33.7 Å². The third-order valence-corrected chi connectivity index (χ3v) is 3.43. The smallest absolute Gasteiger partial charge is 0.161 e. The fourth-order valence-corrected chi connectivity index (χ4v) is 1.91. The molecule has 0 atom stereocenters. The van der Waals surface area contributed by atoms with Crippen molar-refractivity contribution in [3.05, 3.63) is 24.3 Å². The van der Waals surface area contributed by atoms with E-state index in [2.05, 4.69) is 31.1 Å². The van der Waals surface area contributed by atoms with Gasteiger partial charge in [0.25, 0.3) is 0 Å². The highest BCUT2D eigenvalue weighted by atomic mass is 16.5. The number of ether oxygens (including phenoxy) is 2. The van der Waals surface area contributed by atoms with Gasteiger partial charge >= 0.3 is 0 Å². The van der Waals surface area contributed by atoms with Crippen molar-refractivity contribution in [1.29, 1.82) is 0 Å². The Morgan fingerprint density at radius 3 is 2.38 bits per heavy atom. The van der Waals surface area contributed by atoms with Crippen LogP contribution in [0, 0.1) is 0 Å². The van der Waals surface area contributed by atoms with Crippen LogP contribution in [-0.4, -0.2) is 50.8 Å². The van der Waals surface area contributed by atoms with Crippen LogP contribution >= 0.6 is 0 Å². The van der Waals surface area contributed by atoms with Gasteiger partial charge < -0.3 is 19.7 Å². The molecule has 0 fully saturated rings. The zero-order valence-electron chi connectivity index (χ0n) is 13.9. The zero-order chi connectivity index (χ0) is 15.5. The van der Waals surface area contributed by atoms with E-state index < -0.39 is 0 Å². The first-order valence-electron chi connectivity index (χ1n) is 7.90. The molecule has 0 aliphatic rings. The normalized spacial score (nSPS) is 11.1. The lowest BCUT2D eigenvalue weighted by Crippen LogP contribution is -2.30. The van der Waals surface area contributed by atoms with Crippen molar-refractivity contribution in [2.45, 2.75) is 33.2 Å². The molecule has 1 aromatic carbocycles. The van der Waals surface area contributed by atoms with Crippen LogP contribution in [0.25, 0.3) is 0 Å². The van der Waals surface area contributed by atoms with Gasteiger partial charge in [-0.25, -0.2) is 0 Å². The Labute approximate surface area is 129 Å². The van der Waals surface area contributed by atoms with Gasteiger partial charge in [-0.3, -0.25) is 0 Å². The van der Waals surface area contributed by atoms with E-state index in [4.69, 9.17) is 9.47 Å². The maximum atomic E-state index is 5.76. The van der Waals surface area contributed by atoms with E-state index in [1.165, 1.54) is 0 Å². The maximum absolute atomic E-state index is 5.76. The largest absolute Gasteiger partial charge is 0.490 e. The molecule has 0 radical (unpaired) electrons. The summed E-state index contributed by atoms with van der Waals surface area (Å²) in [5.74, 6) is 1.64. The molecule has 0 unspecified atom stereocenters. The predicted molar refractivity (Wildman–Crippen MR) is 88.4 cm³/mol. The molecule has 21 heavy (non-hydrogen) atoms. The minimum Gasteiger partial charge on any atom is -0.490 e. The zero-order valence-corrected chi connectivity index (χ0v) is 13.9. The number of rotatable bonds is 11. The van der Waals surface area contributed by atoms with Crippen LogP contribution in [0.2, 0.25) is 0 Å². The first-order valence-corrected chi connectivity index (χ1v) is 7.90. The molecule has 0 saturated heterocycles. The molecule has 0 amide bonds. The summed E-state index contributed by atoms with van der Waals surface area (Å²) in [5.41, 5.74) is 0. The van der Waals surface area contributed by atoms with Crippen molar-refractivity contribution in [3.8, 4) is 11.5 Å². The molecule has 120 valence electrons. The fraction of sp³-hybridized carbons (Fsp3) is 0.647. The highest BCUT2D eigenvalue weighted by Crippen LogP contribution is 2.25. The SMILES string of the molecule is CCOc1ccccc1OCCNCCCN(C)C(C)C. The van der Waals surface area contributed by atoms with Crippen molar-refractivity contribution in [1.82, 2.24) is 10.2 Å². The molecule has 0 spiro atoms. The molecular weight excluding hydrogens is 264 g/mol. The summed E-state index contributed by atoms with van der Waals surface area (Å²) < 4.78 is 11.3. The second-order valence-electron chi connectivity index (χ2n) is 5.41. The third-order valence-electron chi connectivity index (χ3n) is 3.43. The Bertz CT molecular complexity index is 383. The van der Waals surface area contributed by atoms with E-state index in [0.29, 0.717) is 19.3 Å². The molecule has 0 aliphatic heterocycles. The van der Waals surface area contributed by atoms with Crippen LogP contribution in [-0.2, 0) is 0 Å². The Morgan fingerprint density at radius 1 is 1.10 bits per heavy atom. The second kappa shape index (κ2) is 10.5. The lowest BCUT2D eigenvalue weighted by molar-refractivity contribution is 0.262. The van der Waals surface area contributed by atoms with Gasteiger partial charge in [-0.05, 0) is 59.5 Å². The molecule has 0 saturated carbocycles. The number of nitrogens with zero attached hydrogens (tertiary/aromatic N) is 1. The summed E-state index contributed by atoms with van der Waals surface area (Å²) in [7, 11) is 2.17.